The molecule has 1 saturated carbocycles. The van der Waals surface area contributed by atoms with Gasteiger partial charge < -0.3 is 14.0 Å². The van der Waals surface area contributed by atoms with Crippen LogP contribution >= 0.6 is 0 Å². The Kier molecular flexibility index (Phi) is 4.14. The summed E-state index contributed by atoms with van der Waals surface area (Å²) in [7, 11) is 0. The molecule has 5 aromatic rings. The Morgan fingerprint density at radius 2 is 1.85 bits per heavy atom. The highest BCUT2D eigenvalue weighted by Gasteiger charge is 2.30. The van der Waals surface area contributed by atoms with Gasteiger partial charge in [-0.3, -0.25) is 9.59 Å². The summed E-state index contributed by atoms with van der Waals surface area (Å²) in [5, 5.41) is 11.2. The summed E-state index contributed by atoms with van der Waals surface area (Å²) in [6.07, 6.45) is 3.57. The Bertz CT molecular complexity index is 1690. The zero-order valence-corrected chi connectivity index (χ0v) is 17.9. The highest BCUT2D eigenvalue weighted by Crippen LogP contribution is 2.39. The van der Waals surface area contributed by atoms with Crippen molar-refractivity contribution in [3.63, 3.8) is 0 Å². The molecule has 0 aliphatic heterocycles. The molecular formula is C27H19N3O3. The number of aryl methyl sites for hydroxylation is 1. The van der Waals surface area contributed by atoms with E-state index < -0.39 is 0 Å². The summed E-state index contributed by atoms with van der Waals surface area (Å²) < 4.78 is 7.75. The molecule has 0 saturated heterocycles. The molecule has 0 amide bonds. The molecule has 6 heteroatoms. The number of nitriles is 1. The van der Waals surface area contributed by atoms with Gasteiger partial charge in [0.2, 0.25) is 5.78 Å². The number of hydrogen-bond acceptors (Lipinski definition) is 4. The molecule has 3 heterocycles. The number of aromatic amines is 1. The number of nitrogens with zero attached hydrogens (tertiary/aromatic N) is 2. The maximum atomic E-state index is 13.9. The van der Waals surface area contributed by atoms with Crippen molar-refractivity contribution in [3.05, 3.63) is 93.7 Å². The molecule has 1 aliphatic rings. The number of pyridine rings is 1. The molecule has 1 aliphatic carbocycles. The molecule has 0 bridgehead atoms. The average molecular weight is 433 g/mol. The largest absolute Gasteiger partial charge is 0.452 e. The molecule has 6 nitrogen and oxygen atoms in total. The van der Waals surface area contributed by atoms with Crippen molar-refractivity contribution in [1.29, 1.82) is 5.26 Å². The molecule has 160 valence electrons. The number of carbonyl (C=O) groups is 1. The van der Waals surface area contributed by atoms with Crippen LogP contribution in [0.4, 0.5) is 0 Å². The van der Waals surface area contributed by atoms with Crippen LogP contribution in [0.25, 0.3) is 33.0 Å². The van der Waals surface area contributed by atoms with Crippen molar-refractivity contribution in [1.82, 2.24) is 9.55 Å². The van der Waals surface area contributed by atoms with Crippen molar-refractivity contribution in [2.75, 3.05) is 0 Å². The number of ketones is 1. The number of H-pyrrole nitrogens is 1. The van der Waals surface area contributed by atoms with E-state index in [0.717, 1.165) is 34.8 Å². The number of carbonyl (C=O) groups excluding carboxylic acids is 1. The van der Waals surface area contributed by atoms with E-state index in [9.17, 15) is 14.9 Å². The Balaban J connectivity index is 1.64. The predicted octanol–water partition coefficient (Wildman–Crippen LogP) is 5.49. The highest BCUT2D eigenvalue weighted by atomic mass is 16.3. The lowest BCUT2D eigenvalue weighted by Gasteiger charge is -2.09. The van der Waals surface area contributed by atoms with Crippen LogP contribution in [0.2, 0.25) is 0 Å². The first-order valence-corrected chi connectivity index (χ1v) is 10.9. The minimum Gasteiger partial charge on any atom is -0.452 e. The molecule has 33 heavy (non-hydrogen) atoms. The van der Waals surface area contributed by atoms with Crippen LogP contribution in [0.15, 0.2) is 70.0 Å². The van der Waals surface area contributed by atoms with Gasteiger partial charge in [0.15, 0.2) is 5.76 Å². The summed E-state index contributed by atoms with van der Waals surface area (Å²) in [6.45, 7) is 1.87. The second-order valence-corrected chi connectivity index (χ2v) is 8.50. The van der Waals surface area contributed by atoms with E-state index in [0.29, 0.717) is 22.3 Å². The van der Waals surface area contributed by atoms with Gasteiger partial charge in [-0.05, 0) is 38.0 Å². The monoisotopic (exact) mass is 433 g/mol. The second kappa shape index (κ2) is 7.07. The van der Waals surface area contributed by atoms with E-state index in [2.05, 4.69) is 4.98 Å². The number of benzene rings is 2. The Morgan fingerprint density at radius 1 is 1.12 bits per heavy atom. The van der Waals surface area contributed by atoms with Gasteiger partial charge in [0, 0.05) is 45.3 Å². The van der Waals surface area contributed by atoms with E-state index in [1.165, 1.54) is 0 Å². The number of rotatable bonds is 4. The Labute approximate surface area is 188 Å². The van der Waals surface area contributed by atoms with Gasteiger partial charge in [-0.2, -0.15) is 5.26 Å². The molecule has 0 spiro atoms. The minimum atomic E-state index is -0.295. The maximum Gasteiger partial charge on any atom is 0.268 e. The lowest BCUT2D eigenvalue weighted by Crippen LogP contribution is -2.21. The fourth-order valence-electron chi connectivity index (χ4n) is 4.62. The van der Waals surface area contributed by atoms with Crippen LogP contribution in [0.3, 0.4) is 0 Å². The first-order valence-electron chi connectivity index (χ1n) is 10.9. The molecule has 0 unspecified atom stereocenters. The summed E-state index contributed by atoms with van der Waals surface area (Å²) in [4.78, 5) is 29.9. The normalized spacial score (nSPS) is 13.5. The molecular weight excluding hydrogens is 414 g/mol. The van der Waals surface area contributed by atoms with Gasteiger partial charge >= 0.3 is 0 Å². The zero-order chi connectivity index (χ0) is 22.7. The molecule has 1 N–H and O–H groups in total. The highest BCUT2D eigenvalue weighted by molar-refractivity contribution is 6.21. The standard InChI is InChI=1S/C27H19N3O3/c1-15-23(19-6-2-4-8-21(19)29-15)25(31)26-24(20-7-3-5-9-22(20)33-26)17-12-16(13-28)27(32)30(14-17)18-10-11-18/h2-9,12,14,18,29H,10-11H2,1H3. The molecule has 0 radical (unpaired) electrons. The predicted molar refractivity (Wildman–Crippen MR) is 125 cm³/mol. The van der Waals surface area contributed by atoms with E-state index in [4.69, 9.17) is 4.42 Å². The van der Waals surface area contributed by atoms with E-state index >= 15 is 0 Å². The number of aromatic nitrogens is 2. The smallest absolute Gasteiger partial charge is 0.268 e. The van der Waals surface area contributed by atoms with Gasteiger partial charge in [-0.1, -0.05) is 36.4 Å². The number of nitrogens with one attached hydrogen (secondary N) is 1. The van der Waals surface area contributed by atoms with Crippen LogP contribution in [0, 0.1) is 18.3 Å². The van der Waals surface area contributed by atoms with Gasteiger partial charge in [-0.15, -0.1) is 0 Å². The lowest BCUT2D eigenvalue weighted by atomic mass is 9.97. The third-order valence-corrected chi connectivity index (χ3v) is 6.31. The Morgan fingerprint density at radius 3 is 2.61 bits per heavy atom. The zero-order valence-electron chi connectivity index (χ0n) is 17.9. The number of furan rings is 1. The third-order valence-electron chi connectivity index (χ3n) is 6.31. The first kappa shape index (κ1) is 19.3. The number of fused-ring (bicyclic) bond motifs is 2. The van der Waals surface area contributed by atoms with Gasteiger partial charge in [-0.25, -0.2) is 0 Å². The molecule has 3 aromatic heterocycles. The lowest BCUT2D eigenvalue weighted by molar-refractivity contribution is 0.101. The van der Waals surface area contributed by atoms with E-state index in [1.54, 1.807) is 16.8 Å². The molecule has 0 atom stereocenters. The molecule has 1 fully saturated rings. The van der Waals surface area contributed by atoms with Crippen LogP contribution in [-0.2, 0) is 0 Å². The van der Waals surface area contributed by atoms with E-state index in [1.807, 2.05) is 61.5 Å². The summed E-state index contributed by atoms with van der Waals surface area (Å²) in [5.74, 6) is -0.0345. The van der Waals surface area contributed by atoms with Gasteiger partial charge in [0.1, 0.15) is 17.2 Å². The quantitative estimate of drug-likeness (QED) is 0.380. The van der Waals surface area contributed by atoms with Crippen molar-refractivity contribution in [2.24, 2.45) is 0 Å². The average Bonchev–Trinajstić information content (AvgIpc) is 3.51. The number of para-hydroxylation sites is 2. The Hall–Kier alpha value is -4.37. The van der Waals surface area contributed by atoms with Crippen LogP contribution in [-0.4, -0.2) is 15.3 Å². The minimum absolute atomic E-state index is 0.0614. The van der Waals surface area contributed by atoms with Crippen molar-refractivity contribution >= 4 is 27.7 Å². The first-order chi connectivity index (χ1) is 16.1. The van der Waals surface area contributed by atoms with Crippen molar-refractivity contribution in [2.45, 2.75) is 25.8 Å². The van der Waals surface area contributed by atoms with Crippen LogP contribution in [0.5, 0.6) is 0 Å². The van der Waals surface area contributed by atoms with Crippen LogP contribution in [0.1, 0.15) is 46.3 Å². The topological polar surface area (TPSA) is 91.8 Å². The summed E-state index contributed by atoms with van der Waals surface area (Å²) in [6, 6.07) is 18.8. The SMILES string of the molecule is Cc1[nH]c2ccccc2c1C(=O)c1oc2ccccc2c1-c1cc(C#N)c(=O)n(C2CC2)c1. The van der Waals surface area contributed by atoms with Crippen LogP contribution < -0.4 is 5.56 Å². The maximum absolute atomic E-state index is 13.9. The molecule has 6 rings (SSSR count). The summed E-state index contributed by atoms with van der Waals surface area (Å²) >= 11 is 0. The van der Waals surface area contributed by atoms with E-state index in [-0.39, 0.29) is 28.7 Å². The fourth-order valence-corrected chi connectivity index (χ4v) is 4.62. The molecule has 2 aromatic carbocycles. The summed E-state index contributed by atoms with van der Waals surface area (Å²) in [5.41, 5.74) is 3.77. The third kappa shape index (κ3) is 2.94. The van der Waals surface area contributed by atoms with Crippen molar-refractivity contribution in [3.8, 4) is 17.2 Å². The van der Waals surface area contributed by atoms with Gasteiger partial charge in [0.25, 0.3) is 5.56 Å². The number of hydrogen-bond donors (Lipinski definition) is 1. The van der Waals surface area contributed by atoms with Crippen molar-refractivity contribution < 1.29 is 9.21 Å². The fraction of sp³-hybridized carbons (Fsp3) is 0.148. The second-order valence-electron chi connectivity index (χ2n) is 8.50. The van der Waals surface area contributed by atoms with Gasteiger partial charge in [0.05, 0.1) is 5.56 Å².